The van der Waals surface area contributed by atoms with Crippen LogP contribution in [0, 0.1) is 34.5 Å². The Morgan fingerprint density at radius 3 is 2.40 bits per heavy atom. The van der Waals surface area contributed by atoms with E-state index < -0.39 is 0 Å². The second-order valence-corrected chi connectivity index (χ2v) is 11.4. The molecular formula is C23H40O2. The number of fused-ring (bicyclic) bond motifs is 5. The third-order valence-electron chi connectivity index (χ3n) is 8.83. The third kappa shape index (κ3) is 3.20. The van der Waals surface area contributed by atoms with E-state index in [1.165, 1.54) is 64.2 Å². The summed E-state index contributed by atoms with van der Waals surface area (Å²) in [7, 11) is 0. The van der Waals surface area contributed by atoms with Gasteiger partial charge in [0, 0.05) is 0 Å². The fourth-order valence-electron chi connectivity index (χ4n) is 7.51. The van der Waals surface area contributed by atoms with Gasteiger partial charge < -0.3 is 0 Å². The number of rotatable bonds is 2. The van der Waals surface area contributed by atoms with Crippen LogP contribution in [0.3, 0.4) is 0 Å². The molecule has 0 aromatic heterocycles. The molecule has 2 heteroatoms. The van der Waals surface area contributed by atoms with E-state index in [9.17, 15) is 0 Å². The van der Waals surface area contributed by atoms with Crippen molar-refractivity contribution >= 4 is 0 Å². The smallest absolute Gasteiger partial charge is 0.0952 e. The van der Waals surface area contributed by atoms with E-state index in [4.69, 9.17) is 9.78 Å². The van der Waals surface area contributed by atoms with Crippen molar-refractivity contribution in [2.75, 3.05) is 0 Å². The molecule has 0 aliphatic heterocycles. The molecule has 0 spiro atoms. The fraction of sp³-hybridized carbons (Fsp3) is 1.00. The summed E-state index contributed by atoms with van der Waals surface area (Å²) in [6, 6.07) is 0. The Labute approximate surface area is 155 Å². The van der Waals surface area contributed by atoms with E-state index in [0.717, 1.165) is 23.7 Å². The van der Waals surface area contributed by atoms with Gasteiger partial charge >= 0.3 is 0 Å². The summed E-state index contributed by atoms with van der Waals surface area (Å²) >= 11 is 0. The fourth-order valence-corrected chi connectivity index (χ4v) is 7.51. The largest absolute Gasteiger partial charge is 0.233 e. The maximum atomic E-state index is 5.86. The van der Waals surface area contributed by atoms with E-state index in [0.29, 0.717) is 16.9 Å². The molecule has 2 nitrogen and oxygen atoms in total. The Kier molecular flexibility index (Phi) is 4.56. The van der Waals surface area contributed by atoms with Gasteiger partial charge in [-0.05, 0) is 113 Å². The molecule has 4 aliphatic carbocycles. The lowest BCUT2D eigenvalue weighted by Crippen LogP contribution is -2.53. The SMILES string of the molecule is CC(C)(C)OO[C@@H]1CC[C@@]2(C)[C@H](CC[C@H]3[C@@H]4CCC[C@@]4(C)CC[C@@H]32)C1. The maximum absolute atomic E-state index is 5.86. The van der Waals surface area contributed by atoms with Crippen molar-refractivity contribution in [3.8, 4) is 0 Å². The summed E-state index contributed by atoms with van der Waals surface area (Å²) < 4.78 is 0. The van der Waals surface area contributed by atoms with Crippen LogP contribution in [0.15, 0.2) is 0 Å². The van der Waals surface area contributed by atoms with Crippen LogP contribution in [0.5, 0.6) is 0 Å². The summed E-state index contributed by atoms with van der Waals surface area (Å²) in [6.45, 7) is 11.5. The lowest BCUT2D eigenvalue weighted by Gasteiger charge is -2.60. The molecule has 0 heterocycles. The molecule has 0 bridgehead atoms. The second kappa shape index (κ2) is 6.23. The number of hydrogen-bond donors (Lipinski definition) is 0. The van der Waals surface area contributed by atoms with Crippen LogP contribution in [0.25, 0.3) is 0 Å². The van der Waals surface area contributed by atoms with Crippen molar-refractivity contribution in [1.29, 1.82) is 0 Å². The summed E-state index contributed by atoms with van der Waals surface area (Å²) in [4.78, 5) is 11.5. The van der Waals surface area contributed by atoms with Gasteiger partial charge in [0.25, 0.3) is 0 Å². The molecule has 7 atom stereocenters. The highest BCUT2D eigenvalue weighted by Gasteiger charge is 2.58. The Balaban J connectivity index is 1.45. The molecule has 4 saturated carbocycles. The normalized spacial score (nSPS) is 50.0. The molecule has 0 aromatic carbocycles. The Morgan fingerprint density at radius 2 is 1.64 bits per heavy atom. The minimum Gasteiger partial charge on any atom is -0.233 e. The van der Waals surface area contributed by atoms with Gasteiger partial charge in [-0.3, -0.25) is 0 Å². The Morgan fingerprint density at radius 1 is 0.840 bits per heavy atom. The van der Waals surface area contributed by atoms with Crippen LogP contribution < -0.4 is 0 Å². The average molecular weight is 349 g/mol. The van der Waals surface area contributed by atoms with Gasteiger partial charge in [-0.1, -0.05) is 20.3 Å². The first kappa shape index (κ1) is 18.3. The topological polar surface area (TPSA) is 18.5 Å². The lowest BCUT2D eigenvalue weighted by molar-refractivity contribution is -0.381. The standard InChI is InChI=1S/C23H40O2/c1-21(2,3)25-24-17-10-14-23(5)16(15-17)8-9-18-19-7-6-12-22(19,4)13-11-20(18)23/h16-20H,6-15H2,1-5H3/t16-,17-,18+,19+,20+,22+,23+/m1/s1. The summed E-state index contributed by atoms with van der Waals surface area (Å²) in [6.07, 6.45) is 14.5. The van der Waals surface area contributed by atoms with Crippen LogP contribution in [0.2, 0.25) is 0 Å². The zero-order valence-electron chi connectivity index (χ0n) is 17.3. The van der Waals surface area contributed by atoms with Gasteiger partial charge in [-0.15, -0.1) is 0 Å². The van der Waals surface area contributed by atoms with Gasteiger partial charge in [0.05, 0.1) is 11.7 Å². The number of hydrogen-bond acceptors (Lipinski definition) is 2. The predicted octanol–water partition coefficient (Wildman–Crippen LogP) is 6.53. The molecule has 0 amide bonds. The second-order valence-electron chi connectivity index (χ2n) is 11.4. The van der Waals surface area contributed by atoms with E-state index in [2.05, 4.69) is 34.6 Å². The predicted molar refractivity (Wildman–Crippen MR) is 102 cm³/mol. The minimum atomic E-state index is -0.200. The first-order valence-electron chi connectivity index (χ1n) is 11.1. The molecule has 4 fully saturated rings. The van der Waals surface area contributed by atoms with Crippen molar-refractivity contribution in [2.45, 2.75) is 111 Å². The molecule has 0 radical (unpaired) electrons. The molecule has 25 heavy (non-hydrogen) atoms. The molecule has 4 rings (SSSR count). The summed E-state index contributed by atoms with van der Waals surface area (Å²) in [5, 5.41) is 0. The highest BCUT2D eigenvalue weighted by Crippen LogP contribution is 2.66. The third-order valence-corrected chi connectivity index (χ3v) is 8.83. The molecule has 0 unspecified atom stereocenters. The first-order valence-corrected chi connectivity index (χ1v) is 11.1. The van der Waals surface area contributed by atoms with E-state index >= 15 is 0 Å². The average Bonchev–Trinajstić information content (AvgIpc) is 2.94. The van der Waals surface area contributed by atoms with E-state index in [1.807, 2.05) is 0 Å². The maximum Gasteiger partial charge on any atom is 0.0952 e. The molecule has 0 saturated heterocycles. The highest BCUT2D eigenvalue weighted by atomic mass is 17.2. The monoisotopic (exact) mass is 348 g/mol. The van der Waals surface area contributed by atoms with Crippen molar-refractivity contribution in [1.82, 2.24) is 0 Å². The van der Waals surface area contributed by atoms with E-state index in [1.54, 1.807) is 0 Å². The van der Waals surface area contributed by atoms with Crippen molar-refractivity contribution in [3.63, 3.8) is 0 Å². The van der Waals surface area contributed by atoms with Crippen molar-refractivity contribution in [3.05, 3.63) is 0 Å². The van der Waals surface area contributed by atoms with Gasteiger partial charge in [0.2, 0.25) is 0 Å². The molecule has 0 N–H and O–H groups in total. The van der Waals surface area contributed by atoms with Gasteiger partial charge in [0.15, 0.2) is 0 Å². The summed E-state index contributed by atoms with van der Waals surface area (Å²) in [5.41, 5.74) is 1.05. The zero-order chi connectivity index (χ0) is 17.9. The van der Waals surface area contributed by atoms with Crippen LogP contribution in [0.4, 0.5) is 0 Å². The van der Waals surface area contributed by atoms with Gasteiger partial charge in [-0.2, -0.15) is 0 Å². The van der Waals surface area contributed by atoms with Crippen LogP contribution in [-0.2, 0) is 9.78 Å². The highest BCUT2D eigenvalue weighted by molar-refractivity contribution is 5.07. The molecule has 0 aromatic rings. The Bertz CT molecular complexity index is 495. The molecule has 4 aliphatic rings. The van der Waals surface area contributed by atoms with Crippen LogP contribution >= 0.6 is 0 Å². The zero-order valence-corrected chi connectivity index (χ0v) is 17.3. The van der Waals surface area contributed by atoms with Gasteiger partial charge in [0.1, 0.15) is 0 Å². The van der Waals surface area contributed by atoms with Crippen LogP contribution in [0.1, 0.15) is 98.8 Å². The Hall–Kier alpha value is -0.0800. The quantitative estimate of drug-likeness (QED) is 0.417. The first-order chi connectivity index (χ1) is 11.7. The van der Waals surface area contributed by atoms with Gasteiger partial charge in [-0.25, -0.2) is 9.78 Å². The summed E-state index contributed by atoms with van der Waals surface area (Å²) in [5.74, 6) is 3.88. The molecular weight excluding hydrogens is 308 g/mol. The van der Waals surface area contributed by atoms with Crippen LogP contribution in [-0.4, -0.2) is 11.7 Å². The van der Waals surface area contributed by atoms with Crippen molar-refractivity contribution in [2.24, 2.45) is 34.5 Å². The lowest BCUT2D eigenvalue weighted by atomic mass is 9.45. The van der Waals surface area contributed by atoms with Crippen molar-refractivity contribution < 1.29 is 9.78 Å². The minimum absolute atomic E-state index is 0.200. The van der Waals surface area contributed by atoms with E-state index in [-0.39, 0.29) is 5.60 Å². The molecule has 144 valence electrons.